The van der Waals surface area contributed by atoms with E-state index < -0.39 is 11.9 Å². The van der Waals surface area contributed by atoms with Crippen LogP contribution in [0.1, 0.15) is 57.1 Å². The summed E-state index contributed by atoms with van der Waals surface area (Å²) in [7, 11) is 0. The van der Waals surface area contributed by atoms with E-state index in [4.69, 9.17) is 5.84 Å². The second-order valence-electron chi connectivity index (χ2n) is 7.94. The quantitative estimate of drug-likeness (QED) is 0.371. The maximum Gasteiger partial charge on any atom is 0.339 e. The summed E-state index contributed by atoms with van der Waals surface area (Å²) in [5.41, 5.74) is 5.07. The van der Waals surface area contributed by atoms with Crippen molar-refractivity contribution in [3.63, 3.8) is 0 Å². The number of aromatic carboxylic acids is 1. The van der Waals surface area contributed by atoms with Crippen LogP contribution in [0.15, 0.2) is 18.5 Å². The highest BCUT2D eigenvalue weighted by Crippen LogP contribution is 2.43. The van der Waals surface area contributed by atoms with Crippen molar-refractivity contribution in [3.05, 3.63) is 45.7 Å². The molecule has 29 heavy (non-hydrogen) atoms. The largest absolute Gasteiger partial charge is 0.478 e. The Labute approximate surface area is 170 Å². The number of rotatable bonds is 5. The molecule has 0 unspecified atom stereocenters. The summed E-state index contributed by atoms with van der Waals surface area (Å²) >= 11 is 1.35. The molecule has 3 aromatic rings. The van der Waals surface area contributed by atoms with Gasteiger partial charge in [-0.3, -0.25) is 16.1 Å². The highest BCUT2D eigenvalue weighted by atomic mass is 32.1. The Morgan fingerprint density at radius 1 is 1.41 bits per heavy atom. The Morgan fingerprint density at radius 3 is 2.93 bits per heavy atom. The van der Waals surface area contributed by atoms with Crippen LogP contribution in [0, 0.1) is 5.41 Å². The number of fused-ring (bicyclic) bond motifs is 2. The first-order chi connectivity index (χ1) is 13.8. The standard InChI is InChI=1S/C19H22N6O3S/c1-19(2)5-3-13-11(7-19)14(18(27)28)17(29-13)24-16(26)12-4-6-25-15(23-12)10(8-21-20)9-22-25/h4,6,9,21H,3,5,7-8,20H2,1-2H3,(H,24,26)(H,27,28). The normalized spacial score (nSPS) is 15.3. The van der Waals surface area contributed by atoms with E-state index >= 15 is 0 Å². The van der Waals surface area contributed by atoms with Gasteiger partial charge in [-0.2, -0.15) is 5.10 Å². The Balaban J connectivity index is 1.67. The predicted molar refractivity (Wildman–Crippen MR) is 109 cm³/mol. The van der Waals surface area contributed by atoms with Crippen molar-refractivity contribution in [2.75, 3.05) is 5.32 Å². The molecule has 3 heterocycles. The maximum atomic E-state index is 12.8. The molecule has 5 N–H and O–H groups in total. The number of carbonyl (C=O) groups excluding carboxylic acids is 1. The zero-order chi connectivity index (χ0) is 20.8. The fraction of sp³-hybridized carbons (Fsp3) is 0.368. The molecular formula is C19H22N6O3S. The van der Waals surface area contributed by atoms with Gasteiger partial charge in [-0.15, -0.1) is 11.3 Å². The molecule has 9 nitrogen and oxygen atoms in total. The van der Waals surface area contributed by atoms with Gasteiger partial charge in [0.05, 0.1) is 11.8 Å². The summed E-state index contributed by atoms with van der Waals surface area (Å²) in [5.74, 6) is 3.89. The molecule has 4 rings (SSSR count). The lowest BCUT2D eigenvalue weighted by atomic mass is 9.76. The number of nitrogens with one attached hydrogen (secondary N) is 2. The van der Waals surface area contributed by atoms with E-state index in [-0.39, 0.29) is 16.7 Å². The molecular weight excluding hydrogens is 392 g/mol. The van der Waals surface area contributed by atoms with Crippen LogP contribution in [0.4, 0.5) is 5.00 Å². The van der Waals surface area contributed by atoms with Crippen LogP contribution in [0.5, 0.6) is 0 Å². The maximum absolute atomic E-state index is 12.8. The molecule has 0 aliphatic heterocycles. The van der Waals surface area contributed by atoms with Crippen LogP contribution >= 0.6 is 11.3 Å². The number of nitrogens with zero attached hydrogens (tertiary/aromatic N) is 3. The van der Waals surface area contributed by atoms with Gasteiger partial charge in [0.25, 0.3) is 5.91 Å². The average molecular weight is 414 g/mol. The Hall–Kier alpha value is -2.82. The van der Waals surface area contributed by atoms with Crippen molar-refractivity contribution in [1.29, 1.82) is 0 Å². The Bertz CT molecular complexity index is 1120. The fourth-order valence-electron chi connectivity index (χ4n) is 3.68. The number of aromatic nitrogens is 3. The van der Waals surface area contributed by atoms with Gasteiger partial charge in [-0.05, 0) is 36.3 Å². The molecule has 152 valence electrons. The minimum atomic E-state index is -1.02. The monoisotopic (exact) mass is 414 g/mol. The van der Waals surface area contributed by atoms with Crippen LogP contribution in [-0.4, -0.2) is 31.6 Å². The zero-order valence-corrected chi connectivity index (χ0v) is 17.0. The Morgan fingerprint density at radius 2 is 2.21 bits per heavy atom. The number of carboxylic acid groups (broad SMARTS) is 1. The number of hydrogen-bond acceptors (Lipinski definition) is 7. The first-order valence-corrected chi connectivity index (χ1v) is 10.1. The first kappa shape index (κ1) is 19.5. The first-order valence-electron chi connectivity index (χ1n) is 9.25. The van der Waals surface area contributed by atoms with Gasteiger partial charge in [-0.25, -0.2) is 14.3 Å². The molecule has 10 heteroatoms. The van der Waals surface area contributed by atoms with Gasteiger partial charge in [0, 0.05) is 23.2 Å². The molecule has 0 saturated carbocycles. The van der Waals surface area contributed by atoms with Gasteiger partial charge in [-0.1, -0.05) is 13.8 Å². The van der Waals surface area contributed by atoms with Crippen LogP contribution in [0.3, 0.4) is 0 Å². The summed E-state index contributed by atoms with van der Waals surface area (Å²) < 4.78 is 1.55. The molecule has 1 aliphatic rings. The van der Waals surface area contributed by atoms with Gasteiger partial charge in [0.2, 0.25) is 0 Å². The summed E-state index contributed by atoms with van der Waals surface area (Å²) in [5, 5.41) is 17.1. The van der Waals surface area contributed by atoms with Crippen molar-refractivity contribution in [2.45, 2.75) is 39.7 Å². The molecule has 3 aromatic heterocycles. The van der Waals surface area contributed by atoms with Crippen molar-refractivity contribution < 1.29 is 14.7 Å². The molecule has 0 bridgehead atoms. The number of anilines is 1. The van der Waals surface area contributed by atoms with E-state index in [1.54, 1.807) is 23.0 Å². The summed E-state index contributed by atoms with van der Waals surface area (Å²) in [6.45, 7) is 4.63. The lowest BCUT2D eigenvalue weighted by Crippen LogP contribution is -2.22. The van der Waals surface area contributed by atoms with Gasteiger partial charge < -0.3 is 10.4 Å². The van der Waals surface area contributed by atoms with Crippen molar-refractivity contribution in [2.24, 2.45) is 11.3 Å². The molecule has 0 atom stereocenters. The third-order valence-corrected chi connectivity index (χ3v) is 6.39. The van der Waals surface area contributed by atoms with Crippen molar-refractivity contribution in [1.82, 2.24) is 20.0 Å². The molecule has 0 fully saturated rings. The highest BCUT2D eigenvalue weighted by molar-refractivity contribution is 7.17. The van der Waals surface area contributed by atoms with Crippen LogP contribution in [0.25, 0.3) is 5.65 Å². The second-order valence-corrected chi connectivity index (χ2v) is 9.05. The molecule has 1 amide bonds. The highest BCUT2D eigenvalue weighted by Gasteiger charge is 2.33. The molecule has 0 saturated heterocycles. The summed E-state index contributed by atoms with van der Waals surface area (Å²) in [6, 6.07) is 1.55. The van der Waals surface area contributed by atoms with E-state index in [9.17, 15) is 14.7 Å². The number of hydrogen-bond donors (Lipinski definition) is 4. The minimum Gasteiger partial charge on any atom is -0.478 e. The average Bonchev–Trinajstić information content (AvgIpc) is 3.21. The third kappa shape index (κ3) is 3.61. The second kappa shape index (κ2) is 7.21. The lowest BCUT2D eigenvalue weighted by Gasteiger charge is -2.29. The van der Waals surface area contributed by atoms with Gasteiger partial charge >= 0.3 is 5.97 Å². The minimum absolute atomic E-state index is 0.0432. The molecule has 1 aliphatic carbocycles. The number of nitrogens with two attached hydrogens (primary N) is 1. The van der Waals surface area contributed by atoms with Gasteiger partial charge in [0.15, 0.2) is 5.65 Å². The van der Waals surface area contributed by atoms with E-state index in [1.807, 2.05) is 0 Å². The lowest BCUT2D eigenvalue weighted by molar-refractivity contribution is 0.0696. The van der Waals surface area contributed by atoms with Crippen LogP contribution in [0.2, 0.25) is 0 Å². The predicted octanol–water partition coefficient (Wildman–Crippen LogP) is 2.22. The zero-order valence-electron chi connectivity index (χ0n) is 16.2. The number of carbonyl (C=O) groups is 2. The SMILES string of the molecule is CC1(C)CCc2sc(NC(=O)c3ccn4ncc(CNN)c4n3)c(C(=O)O)c2C1. The van der Waals surface area contributed by atoms with E-state index in [1.165, 1.54) is 11.3 Å². The molecule has 0 radical (unpaired) electrons. The van der Waals surface area contributed by atoms with E-state index in [0.717, 1.165) is 28.8 Å². The molecule has 0 spiro atoms. The number of aryl methyl sites for hydroxylation is 1. The number of thiophene rings is 1. The number of carboxylic acids is 1. The fourth-order valence-corrected chi connectivity index (χ4v) is 4.88. The van der Waals surface area contributed by atoms with E-state index in [0.29, 0.717) is 23.6 Å². The summed E-state index contributed by atoms with van der Waals surface area (Å²) in [4.78, 5) is 30.2. The Kier molecular flexibility index (Phi) is 4.85. The van der Waals surface area contributed by atoms with Crippen LogP contribution in [-0.2, 0) is 19.4 Å². The van der Waals surface area contributed by atoms with Crippen molar-refractivity contribution in [3.8, 4) is 0 Å². The van der Waals surface area contributed by atoms with Gasteiger partial charge in [0.1, 0.15) is 10.7 Å². The van der Waals surface area contributed by atoms with E-state index in [2.05, 4.69) is 34.7 Å². The topological polar surface area (TPSA) is 135 Å². The number of hydrazine groups is 1. The molecule has 0 aromatic carbocycles. The number of amides is 1. The van der Waals surface area contributed by atoms with Crippen molar-refractivity contribution >= 4 is 33.9 Å². The van der Waals surface area contributed by atoms with Crippen LogP contribution < -0.4 is 16.6 Å². The smallest absolute Gasteiger partial charge is 0.339 e. The summed E-state index contributed by atoms with van der Waals surface area (Å²) in [6.07, 6.45) is 5.76. The third-order valence-electron chi connectivity index (χ3n) is 5.18.